The molecule has 0 aliphatic rings. The third-order valence-electron chi connectivity index (χ3n) is 2.41. The lowest BCUT2D eigenvalue weighted by Gasteiger charge is -2.05. The van der Waals surface area contributed by atoms with Crippen LogP contribution in [0, 0.1) is 6.92 Å². The number of pyridine rings is 1. The van der Waals surface area contributed by atoms with E-state index in [9.17, 15) is 0 Å². The van der Waals surface area contributed by atoms with Crippen LogP contribution >= 0.6 is 0 Å². The fourth-order valence-electron chi connectivity index (χ4n) is 1.41. The maximum absolute atomic E-state index is 5.86. The molecule has 0 radical (unpaired) electrons. The third-order valence-corrected chi connectivity index (χ3v) is 2.41. The topological polar surface area (TPSA) is 66.0 Å². The lowest BCUT2D eigenvalue weighted by atomic mass is 10.3. The van der Waals surface area contributed by atoms with Crippen LogP contribution in [0.4, 0.5) is 5.82 Å². The van der Waals surface area contributed by atoms with E-state index in [1.54, 1.807) is 24.2 Å². The van der Waals surface area contributed by atoms with Crippen LogP contribution in [0.15, 0.2) is 24.5 Å². The van der Waals surface area contributed by atoms with Gasteiger partial charge < -0.3 is 10.5 Å². The van der Waals surface area contributed by atoms with E-state index in [1.807, 2.05) is 19.1 Å². The molecule has 0 aliphatic heterocycles. The highest BCUT2D eigenvalue weighted by atomic mass is 16.5. The van der Waals surface area contributed by atoms with Gasteiger partial charge in [0.15, 0.2) is 0 Å². The second-order valence-electron chi connectivity index (χ2n) is 3.58. The highest BCUT2D eigenvalue weighted by Crippen LogP contribution is 2.12. The Morgan fingerprint density at radius 1 is 1.38 bits per heavy atom. The molecule has 2 N–H and O–H groups in total. The molecule has 0 unspecified atom stereocenters. The summed E-state index contributed by atoms with van der Waals surface area (Å²) in [5.74, 6) is 1.30. The molecular weight excluding hydrogens is 204 g/mol. The molecule has 5 nitrogen and oxygen atoms in total. The normalized spacial score (nSPS) is 10.4. The van der Waals surface area contributed by atoms with Crippen molar-refractivity contribution in [3.05, 3.63) is 35.7 Å². The first-order valence-electron chi connectivity index (χ1n) is 4.97. The van der Waals surface area contributed by atoms with Crippen molar-refractivity contribution < 1.29 is 4.74 Å². The lowest BCUT2D eigenvalue weighted by molar-refractivity contribution is 0.397. The van der Waals surface area contributed by atoms with E-state index in [2.05, 4.69) is 10.1 Å². The summed E-state index contributed by atoms with van der Waals surface area (Å²) in [5, 5.41) is 4.19. The van der Waals surface area contributed by atoms with Crippen LogP contribution in [0.25, 0.3) is 0 Å². The molecule has 0 bridgehead atoms. The van der Waals surface area contributed by atoms with Gasteiger partial charge in [0, 0.05) is 17.8 Å². The Hall–Kier alpha value is -2.04. The van der Waals surface area contributed by atoms with Crippen LogP contribution < -0.4 is 10.5 Å². The maximum Gasteiger partial charge on any atom is 0.212 e. The van der Waals surface area contributed by atoms with Crippen LogP contribution in [0.2, 0.25) is 0 Å². The van der Waals surface area contributed by atoms with Gasteiger partial charge in [0.05, 0.1) is 19.9 Å². The fraction of sp³-hybridized carbons (Fsp3) is 0.273. The van der Waals surface area contributed by atoms with Crippen molar-refractivity contribution in [2.45, 2.75) is 13.5 Å². The molecule has 2 rings (SSSR count). The third kappa shape index (κ3) is 1.98. The molecule has 84 valence electrons. The Balaban J connectivity index is 2.17. The quantitative estimate of drug-likeness (QED) is 0.841. The predicted octanol–water partition coefficient (Wildman–Crippen LogP) is 1.23. The van der Waals surface area contributed by atoms with Gasteiger partial charge in [0.25, 0.3) is 0 Å². The Bertz CT molecular complexity index is 475. The van der Waals surface area contributed by atoms with Gasteiger partial charge in [0.2, 0.25) is 5.88 Å². The number of hydrogen-bond acceptors (Lipinski definition) is 4. The number of methoxy groups -OCH3 is 1. The SMILES string of the molecule is COc1ccc(Cn2ncc(C)c2N)cn1. The molecule has 0 saturated carbocycles. The van der Waals surface area contributed by atoms with Gasteiger partial charge in [-0.1, -0.05) is 6.07 Å². The first-order valence-corrected chi connectivity index (χ1v) is 4.97. The predicted molar refractivity (Wildman–Crippen MR) is 61.3 cm³/mol. The summed E-state index contributed by atoms with van der Waals surface area (Å²) in [5.41, 5.74) is 7.89. The molecule has 0 saturated heterocycles. The monoisotopic (exact) mass is 218 g/mol. The van der Waals surface area contributed by atoms with Gasteiger partial charge in [-0.05, 0) is 12.5 Å². The van der Waals surface area contributed by atoms with Crippen molar-refractivity contribution in [3.8, 4) is 5.88 Å². The first-order chi connectivity index (χ1) is 7.70. The second-order valence-corrected chi connectivity index (χ2v) is 3.58. The van der Waals surface area contributed by atoms with Gasteiger partial charge in [-0.3, -0.25) is 0 Å². The molecule has 0 fully saturated rings. The van der Waals surface area contributed by atoms with Crippen molar-refractivity contribution in [2.75, 3.05) is 12.8 Å². The van der Waals surface area contributed by atoms with Crippen molar-refractivity contribution in [1.29, 1.82) is 0 Å². The summed E-state index contributed by atoms with van der Waals surface area (Å²) in [6.07, 6.45) is 3.52. The minimum absolute atomic E-state index is 0.605. The second kappa shape index (κ2) is 4.22. The van der Waals surface area contributed by atoms with E-state index >= 15 is 0 Å². The van der Waals surface area contributed by atoms with Crippen LogP contribution in [-0.2, 0) is 6.54 Å². The Labute approximate surface area is 93.9 Å². The maximum atomic E-state index is 5.86. The van der Waals surface area contributed by atoms with Gasteiger partial charge in [0.1, 0.15) is 5.82 Å². The summed E-state index contributed by atoms with van der Waals surface area (Å²) in [6.45, 7) is 2.56. The highest BCUT2D eigenvalue weighted by molar-refractivity contribution is 5.37. The summed E-state index contributed by atoms with van der Waals surface area (Å²) < 4.78 is 6.74. The van der Waals surface area contributed by atoms with E-state index in [1.165, 1.54) is 0 Å². The standard InChI is InChI=1S/C11H14N4O/c1-8-5-14-15(11(8)12)7-9-3-4-10(16-2)13-6-9/h3-6H,7,12H2,1-2H3. The smallest absolute Gasteiger partial charge is 0.212 e. The van der Waals surface area contributed by atoms with Crippen LogP contribution in [0.1, 0.15) is 11.1 Å². The van der Waals surface area contributed by atoms with E-state index < -0.39 is 0 Å². The summed E-state index contributed by atoms with van der Waals surface area (Å²) in [6, 6.07) is 3.77. The van der Waals surface area contributed by atoms with Gasteiger partial charge in [-0.25, -0.2) is 9.67 Å². The summed E-state index contributed by atoms with van der Waals surface area (Å²) in [7, 11) is 1.59. The number of rotatable bonds is 3. The first kappa shape index (κ1) is 10.5. The van der Waals surface area contributed by atoms with Crippen LogP contribution in [0.3, 0.4) is 0 Å². The molecule has 0 amide bonds. The molecule has 5 heteroatoms. The largest absolute Gasteiger partial charge is 0.481 e. The van der Waals surface area contributed by atoms with E-state index in [-0.39, 0.29) is 0 Å². The number of anilines is 1. The number of hydrogen-bond donors (Lipinski definition) is 1. The Morgan fingerprint density at radius 3 is 2.69 bits per heavy atom. The summed E-state index contributed by atoms with van der Waals surface area (Å²) in [4.78, 5) is 4.13. The fourth-order valence-corrected chi connectivity index (χ4v) is 1.41. The molecule has 0 aliphatic carbocycles. The highest BCUT2D eigenvalue weighted by Gasteiger charge is 2.04. The number of ether oxygens (including phenoxy) is 1. The van der Waals surface area contributed by atoms with Gasteiger partial charge in [-0.15, -0.1) is 0 Å². The molecule has 16 heavy (non-hydrogen) atoms. The number of aryl methyl sites for hydroxylation is 1. The molecule has 0 spiro atoms. The Kier molecular flexibility index (Phi) is 2.76. The van der Waals surface area contributed by atoms with E-state index in [4.69, 9.17) is 10.5 Å². The number of aromatic nitrogens is 3. The Morgan fingerprint density at radius 2 is 2.19 bits per heavy atom. The molecule has 2 heterocycles. The van der Waals surface area contributed by atoms with Gasteiger partial charge >= 0.3 is 0 Å². The minimum atomic E-state index is 0.605. The zero-order valence-corrected chi connectivity index (χ0v) is 9.34. The number of nitrogens with zero attached hydrogens (tertiary/aromatic N) is 3. The number of nitrogens with two attached hydrogens (primary N) is 1. The minimum Gasteiger partial charge on any atom is -0.481 e. The van der Waals surface area contributed by atoms with Crippen molar-refractivity contribution in [3.63, 3.8) is 0 Å². The zero-order valence-electron chi connectivity index (χ0n) is 9.34. The molecule has 0 aromatic carbocycles. The van der Waals surface area contributed by atoms with Gasteiger partial charge in [-0.2, -0.15) is 5.10 Å². The average Bonchev–Trinajstić information content (AvgIpc) is 2.62. The molecule has 2 aromatic heterocycles. The van der Waals surface area contributed by atoms with Crippen molar-refractivity contribution >= 4 is 5.82 Å². The molecule has 2 aromatic rings. The van der Waals surface area contributed by atoms with Crippen molar-refractivity contribution in [2.24, 2.45) is 0 Å². The van der Waals surface area contributed by atoms with Crippen LogP contribution in [-0.4, -0.2) is 21.9 Å². The van der Waals surface area contributed by atoms with E-state index in [0.717, 1.165) is 11.1 Å². The summed E-state index contributed by atoms with van der Waals surface area (Å²) >= 11 is 0. The zero-order chi connectivity index (χ0) is 11.5. The van der Waals surface area contributed by atoms with Crippen LogP contribution in [0.5, 0.6) is 5.88 Å². The lowest BCUT2D eigenvalue weighted by Crippen LogP contribution is -2.06. The van der Waals surface area contributed by atoms with Crippen molar-refractivity contribution in [1.82, 2.24) is 14.8 Å². The molecular formula is C11H14N4O. The number of nitrogen functional groups attached to an aromatic ring is 1. The average molecular weight is 218 g/mol. The molecule has 0 atom stereocenters. The van der Waals surface area contributed by atoms with E-state index in [0.29, 0.717) is 18.2 Å².